The number of ether oxygens (including phenoxy) is 1. The molecule has 1 aromatic rings. The summed E-state index contributed by atoms with van der Waals surface area (Å²) in [5, 5.41) is 8.54. The van der Waals surface area contributed by atoms with Crippen molar-refractivity contribution < 1.29 is 4.74 Å². The van der Waals surface area contributed by atoms with E-state index in [2.05, 4.69) is 24.3 Å². The lowest BCUT2D eigenvalue weighted by molar-refractivity contribution is 0.0799. The topological polar surface area (TPSA) is 39.1 Å². The molecule has 0 fully saturated rings. The average Bonchev–Trinajstić information content (AvgIpc) is 2.72. The van der Waals surface area contributed by atoms with Gasteiger partial charge in [-0.3, -0.25) is 4.68 Å². The third-order valence-electron chi connectivity index (χ3n) is 3.02. The molecule has 0 aliphatic rings. The van der Waals surface area contributed by atoms with Crippen LogP contribution in [-0.4, -0.2) is 29.5 Å². The molecule has 0 saturated heterocycles. The molecule has 0 aliphatic heterocycles. The first-order chi connectivity index (χ1) is 8.65. The van der Waals surface area contributed by atoms with Gasteiger partial charge in [0.25, 0.3) is 0 Å². The molecular weight excluding hydrogens is 250 g/mol. The summed E-state index contributed by atoms with van der Waals surface area (Å²) in [5.74, 6) is 0. The lowest BCUT2D eigenvalue weighted by atomic mass is 10.1. The van der Waals surface area contributed by atoms with Gasteiger partial charge in [0.2, 0.25) is 0 Å². The van der Waals surface area contributed by atoms with Crippen molar-refractivity contribution in [3.05, 3.63) is 16.9 Å². The van der Waals surface area contributed by atoms with Crippen LogP contribution in [0.2, 0.25) is 5.02 Å². The summed E-state index contributed by atoms with van der Waals surface area (Å²) in [4.78, 5) is 0. The maximum Gasteiger partial charge on any atom is 0.0835 e. The molecule has 2 atom stereocenters. The number of methoxy groups -OCH3 is 1. The first-order valence-electron chi connectivity index (χ1n) is 6.63. The zero-order valence-electron chi connectivity index (χ0n) is 11.7. The van der Waals surface area contributed by atoms with Gasteiger partial charge < -0.3 is 10.1 Å². The smallest absolute Gasteiger partial charge is 0.0835 e. The Morgan fingerprint density at radius 1 is 1.44 bits per heavy atom. The van der Waals surface area contributed by atoms with Gasteiger partial charge in [0.1, 0.15) is 0 Å². The molecule has 1 aromatic heterocycles. The number of aryl methyl sites for hydroxylation is 1. The maximum atomic E-state index is 6.28. The minimum absolute atomic E-state index is 0.0568. The van der Waals surface area contributed by atoms with Gasteiger partial charge >= 0.3 is 0 Å². The Kier molecular flexibility index (Phi) is 6.68. The van der Waals surface area contributed by atoms with Crippen LogP contribution in [0.3, 0.4) is 0 Å². The van der Waals surface area contributed by atoms with Crippen LogP contribution >= 0.6 is 11.6 Å². The Morgan fingerprint density at radius 3 is 2.72 bits per heavy atom. The van der Waals surface area contributed by atoms with Crippen LogP contribution < -0.4 is 5.32 Å². The van der Waals surface area contributed by atoms with E-state index in [1.165, 1.54) is 0 Å². The Bertz CT molecular complexity index is 354. The second kappa shape index (κ2) is 7.77. The third kappa shape index (κ3) is 3.70. The molecular formula is C13H24ClN3O. The number of aromatic nitrogens is 2. The molecule has 4 nitrogen and oxygen atoms in total. The average molecular weight is 274 g/mol. The minimum Gasteiger partial charge on any atom is -0.380 e. The third-order valence-corrected chi connectivity index (χ3v) is 3.31. The molecule has 104 valence electrons. The highest BCUT2D eigenvalue weighted by molar-refractivity contribution is 6.31. The number of rotatable bonds is 8. The highest BCUT2D eigenvalue weighted by Crippen LogP contribution is 2.26. The molecule has 0 spiro atoms. The van der Waals surface area contributed by atoms with Crippen molar-refractivity contribution in [1.29, 1.82) is 0 Å². The van der Waals surface area contributed by atoms with Crippen LogP contribution in [0.5, 0.6) is 0 Å². The van der Waals surface area contributed by atoms with Crippen molar-refractivity contribution in [2.24, 2.45) is 0 Å². The fourth-order valence-electron chi connectivity index (χ4n) is 1.99. The molecule has 0 bridgehead atoms. The van der Waals surface area contributed by atoms with E-state index in [-0.39, 0.29) is 12.1 Å². The quantitative estimate of drug-likeness (QED) is 0.791. The van der Waals surface area contributed by atoms with Crippen LogP contribution in [-0.2, 0) is 11.3 Å². The van der Waals surface area contributed by atoms with Crippen LogP contribution in [0.1, 0.15) is 45.3 Å². The largest absolute Gasteiger partial charge is 0.380 e. The van der Waals surface area contributed by atoms with Crippen LogP contribution in [0, 0.1) is 0 Å². The number of nitrogens with zero attached hydrogens (tertiary/aromatic N) is 2. The first kappa shape index (κ1) is 15.5. The van der Waals surface area contributed by atoms with Gasteiger partial charge in [0, 0.05) is 13.7 Å². The summed E-state index contributed by atoms with van der Waals surface area (Å²) in [6.45, 7) is 8.14. The van der Waals surface area contributed by atoms with Crippen molar-refractivity contribution in [1.82, 2.24) is 15.1 Å². The van der Waals surface area contributed by atoms with Crippen molar-refractivity contribution >= 4 is 11.6 Å². The second-order valence-electron chi connectivity index (χ2n) is 4.47. The van der Waals surface area contributed by atoms with E-state index in [0.29, 0.717) is 5.02 Å². The number of hydrogen-bond acceptors (Lipinski definition) is 3. The van der Waals surface area contributed by atoms with E-state index in [4.69, 9.17) is 16.3 Å². The zero-order chi connectivity index (χ0) is 13.5. The van der Waals surface area contributed by atoms with Gasteiger partial charge in [-0.25, -0.2) is 0 Å². The summed E-state index contributed by atoms with van der Waals surface area (Å²) < 4.78 is 7.44. The minimum atomic E-state index is 0.0568. The lowest BCUT2D eigenvalue weighted by Gasteiger charge is -2.25. The van der Waals surface area contributed by atoms with Gasteiger partial charge in [-0.15, -0.1) is 0 Å². The van der Waals surface area contributed by atoms with E-state index < -0.39 is 0 Å². The molecule has 5 heteroatoms. The van der Waals surface area contributed by atoms with Gasteiger partial charge in [-0.1, -0.05) is 25.4 Å². The van der Waals surface area contributed by atoms with Gasteiger partial charge in [0.05, 0.1) is 29.1 Å². The Morgan fingerprint density at radius 2 is 2.17 bits per heavy atom. The van der Waals surface area contributed by atoms with Crippen molar-refractivity contribution in [2.75, 3.05) is 13.7 Å². The first-order valence-corrected chi connectivity index (χ1v) is 7.00. The van der Waals surface area contributed by atoms with Gasteiger partial charge in [-0.05, 0) is 26.3 Å². The number of halogens is 1. The van der Waals surface area contributed by atoms with E-state index in [0.717, 1.165) is 31.6 Å². The van der Waals surface area contributed by atoms with E-state index in [1.54, 1.807) is 13.3 Å². The summed E-state index contributed by atoms with van der Waals surface area (Å²) in [6, 6.07) is 0.0801. The standard InChI is InChI=1S/C13H24ClN3O/c1-5-7-15-12(10(3)18-4)13-11(14)9-16-17(13)8-6-2/h9-10,12,15H,5-8H2,1-4H3. The monoisotopic (exact) mass is 273 g/mol. The van der Waals surface area contributed by atoms with E-state index in [1.807, 2.05) is 11.6 Å². The van der Waals surface area contributed by atoms with Crippen LogP contribution in [0.25, 0.3) is 0 Å². The highest BCUT2D eigenvalue weighted by atomic mass is 35.5. The molecule has 0 amide bonds. The van der Waals surface area contributed by atoms with Crippen molar-refractivity contribution in [3.8, 4) is 0 Å². The Balaban J connectivity index is 2.98. The van der Waals surface area contributed by atoms with Crippen LogP contribution in [0.15, 0.2) is 6.20 Å². The van der Waals surface area contributed by atoms with Gasteiger partial charge in [-0.2, -0.15) is 5.10 Å². The predicted octanol–water partition coefficient (Wildman–Crippen LogP) is 3.02. The summed E-state index contributed by atoms with van der Waals surface area (Å²) in [5.41, 5.74) is 1.03. The Labute approximate surface area is 115 Å². The summed E-state index contributed by atoms with van der Waals surface area (Å²) in [6.07, 6.45) is 3.89. The fraction of sp³-hybridized carbons (Fsp3) is 0.769. The van der Waals surface area contributed by atoms with Crippen LogP contribution in [0.4, 0.5) is 0 Å². The normalized spacial score (nSPS) is 14.7. The Hall–Kier alpha value is -0.580. The molecule has 0 aliphatic carbocycles. The molecule has 1 N–H and O–H groups in total. The summed E-state index contributed by atoms with van der Waals surface area (Å²) in [7, 11) is 1.72. The van der Waals surface area contributed by atoms with E-state index in [9.17, 15) is 0 Å². The maximum absolute atomic E-state index is 6.28. The zero-order valence-corrected chi connectivity index (χ0v) is 12.5. The molecule has 1 heterocycles. The fourth-order valence-corrected chi connectivity index (χ4v) is 2.25. The molecule has 0 radical (unpaired) electrons. The highest BCUT2D eigenvalue weighted by Gasteiger charge is 2.25. The second-order valence-corrected chi connectivity index (χ2v) is 4.88. The molecule has 1 rings (SSSR count). The molecule has 18 heavy (non-hydrogen) atoms. The summed E-state index contributed by atoms with van der Waals surface area (Å²) >= 11 is 6.28. The van der Waals surface area contributed by atoms with Crippen molar-refractivity contribution in [2.45, 2.75) is 52.3 Å². The molecule has 0 saturated carbocycles. The lowest BCUT2D eigenvalue weighted by Crippen LogP contribution is -2.34. The van der Waals surface area contributed by atoms with Crippen molar-refractivity contribution in [3.63, 3.8) is 0 Å². The number of hydrogen-bond donors (Lipinski definition) is 1. The molecule has 2 unspecified atom stereocenters. The van der Waals surface area contributed by atoms with Gasteiger partial charge in [0.15, 0.2) is 0 Å². The van der Waals surface area contributed by atoms with E-state index >= 15 is 0 Å². The SMILES string of the molecule is CCCNC(c1c(Cl)cnn1CCC)C(C)OC. The molecule has 0 aromatic carbocycles. The number of nitrogens with one attached hydrogen (secondary N) is 1. The predicted molar refractivity (Wildman–Crippen MR) is 75.0 cm³/mol.